The second-order valence-corrected chi connectivity index (χ2v) is 6.08. The summed E-state index contributed by atoms with van der Waals surface area (Å²) in [6.45, 7) is 3.45. The smallest absolute Gasteiger partial charge is 0.219 e. The van der Waals surface area contributed by atoms with E-state index in [4.69, 9.17) is 0 Å². The second-order valence-electron chi connectivity index (χ2n) is 6.08. The molecule has 0 aromatic heterocycles. The molecule has 1 aliphatic heterocycles. The highest BCUT2D eigenvalue weighted by molar-refractivity contribution is 5.73. The van der Waals surface area contributed by atoms with Crippen molar-refractivity contribution in [2.75, 3.05) is 18.4 Å². The number of carbonyl (C=O) groups is 1. The van der Waals surface area contributed by atoms with E-state index < -0.39 is 0 Å². The van der Waals surface area contributed by atoms with Crippen molar-refractivity contribution in [2.45, 2.75) is 51.5 Å². The summed E-state index contributed by atoms with van der Waals surface area (Å²) in [6, 6.07) is 7.19. The number of nitrogens with zero attached hydrogens (tertiary/aromatic N) is 1. The van der Waals surface area contributed by atoms with E-state index in [0.717, 1.165) is 25.9 Å². The normalized spacial score (nSPS) is 19.6. The number of benzene rings is 1. The molecule has 3 nitrogen and oxygen atoms in total. The van der Waals surface area contributed by atoms with Gasteiger partial charge in [-0.3, -0.25) is 4.79 Å². The molecule has 20 heavy (non-hydrogen) atoms. The van der Waals surface area contributed by atoms with Gasteiger partial charge < -0.3 is 10.2 Å². The van der Waals surface area contributed by atoms with Crippen molar-refractivity contribution in [1.29, 1.82) is 0 Å². The molecule has 0 radical (unpaired) electrons. The zero-order valence-corrected chi connectivity index (χ0v) is 12.3. The van der Waals surface area contributed by atoms with Crippen LogP contribution in [0.4, 0.5) is 5.69 Å². The van der Waals surface area contributed by atoms with Crippen LogP contribution in [0, 0.1) is 0 Å². The van der Waals surface area contributed by atoms with Gasteiger partial charge in [0.1, 0.15) is 0 Å². The number of hydrogen-bond acceptors (Lipinski definition) is 2. The number of carbonyl (C=O) groups excluding carboxylic acids is 1. The van der Waals surface area contributed by atoms with Gasteiger partial charge in [0, 0.05) is 31.7 Å². The number of amides is 1. The van der Waals surface area contributed by atoms with E-state index >= 15 is 0 Å². The molecule has 1 aromatic rings. The largest absolute Gasteiger partial charge is 0.382 e. The number of piperidine rings is 1. The summed E-state index contributed by atoms with van der Waals surface area (Å²) < 4.78 is 0. The van der Waals surface area contributed by atoms with Gasteiger partial charge in [0.25, 0.3) is 0 Å². The van der Waals surface area contributed by atoms with E-state index in [0.29, 0.717) is 6.04 Å². The van der Waals surface area contributed by atoms with Crippen molar-refractivity contribution in [1.82, 2.24) is 4.90 Å². The Balaban J connectivity index is 1.66. The summed E-state index contributed by atoms with van der Waals surface area (Å²) in [5, 5.41) is 3.73. The maximum atomic E-state index is 11.4. The number of hydrogen-bond donors (Lipinski definition) is 1. The fraction of sp³-hybridized carbons (Fsp3) is 0.588. The molecular formula is C17H24N2O. The molecule has 1 heterocycles. The van der Waals surface area contributed by atoms with E-state index in [2.05, 4.69) is 23.5 Å². The summed E-state index contributed by atoms with van der Waals surface area (Å²) in [4.78, 5) is 13.3. The van der Waals surface area contributed by atoms with Crippen molar-refractivity contribution in [3.05, 3.63) is 29.3 Å². The highest BCUT2D eigenvalue weighted by atomic mass is 16.2. The van der Waals surface area contributed by atoms with E-state index in [-0.39, 0.29) is 5.91 Å². The van der Waals surface area contributed by atoms with Crippen molar-refractivity contribution in [3.63, 3.8) is 0 Å². The van der Waals surface area contributed by atoms with Crippen LogP contribution in [0.15, 0.2) is 18.2 Å². The second kappa shape index (κ2) is 5.86. The predicted molar refractivity (Wildman–Crippen MR) is 82.0 cm³/mol. The Morgan fingerprint density at radius 3 is 2.70 bits per heavy atom. The van der Waals surface area contributed by atoms with Gasteiger partial charge in [-0.25, -0.2) is 0 Å². The van der Waals surface area contributed by atoms with Gasteiger partial charge >= 0.3 is 0 Å². The molecule has 3 heteroatoms. The lowest BCUT2D eigenvalue weighted by Gasteiger charge is -2.33. The minimum atomic E-state index is 0.209. The van der Waals surface area contributed by atoms with Crippen LogP contribution in [-0.4, -0.2) is 29.9 Å². The fourth-order valence-corrected chi connectivity index (χ4v) is 3.48. The Bertz CT molecular complexity index is 490. The third-order valence-corrected chi connectivity index (χ3v) is 4.70. The van der Waals surface area contributed by atoms with Crippen molar-refractivity contribution in [2.24, 2.45) is 0 Å². The average Bonchev–Trinajstić information content (AvgIpc) is 2.48. The summed E-state index contributed by atoms with van der Waals surface area (Å²) >= 11 is 0. The molecule has 0 spiro atoms. The van der Waals surface area contributed by atoms with E-state index in [1.807, 2.05) is 4.90 Å². The van der Waals surface area contributed by atoms with Crippen LogP contribution in [0.2, 0.25) is 0 Å². The number of anilines is 1. The molecule has 0 unspecified atom stereocenters. The van der Waals surface area contributed by atoms with Gasteiger partial charge in [0.15, 0.2) is 0 Å². The van der Waals surface area contributed by atoms with Crippen LogP contribution in [-0.2, 0) is 17.6 Å². The highest BCUT2D eigenvalue weighted by Gasteiger charge is 2.22. The SMILES string of the molecule is CC(=O)N1CCC(Nc2cccc3c2CCCC3)CC1. The van der Waals surface area contributed by atoms with Gasteiger partial charge in [0.2, 0.25) is 5.91 Å². The first kappa shape index (κ1) is 13.5. The zero-order chi connectivity index (χ0) is 13.9. The summed E-state index contributed by atoms with van der Waals surface area (Å²) in [7, 11) is 0. The van der Waals surface area contributed by atoms with E-state index in [1.54, 1.807) is 6.92 Å². The van der Waals surface area contributed by atoms with Crippen molar-refractivity contribution < 1.29 is 4.79 Å². The van der Waals surface area contributed by atoms with Crippen LogP contribution < -0.4 is 5.32 Å². The summed E-state index contributed by atoms with van der Waals surface area (Å²) in [6.07, 6.45) is 7.20. The molecule has 0 bridgehead atoms. The standard InChI is InChI=1S/C17H24N2O/c1-13(20)19-11-9-15(10-12-19)18-17-8-4-6-14-5-2-3-7-16(14)17/h4,6,8,15,18H,2-3,5,7,9-12H2,1H3. The van der Waals surface area contributed by atoms with Crippen molar-refractivity contribution >= 4 is 11.6 Å². The van der Waals surface area contributed by atoms with Crippen LogP contribution in [0.1, 0.15) is 43.7 Å². The number of rotatable bonds is 2. The molecule has 0 atom stereocenters. The van der Waals surface area contributed by atoms with Crippen LogP contribution in [0.5, 0.6) is 0 Å². The first-order valence-electron chi connectivity index (χ1n) is 7.87. The van der Waals surface area contributed by atoms with Gasteiger partial charge in [-0.15, -0.1) is 0 Å². The van der Waals surface area contributed by atoms with Gasteiger partial charge in [-0.2, -0.15) is 0 Å². The molecule has 1 N–H and O–H groups in total. The Hall–Kier alpha value is -1.51. The lowest BCUT2D eigenvalue weighted by atomic mass is 9.90. The first-order chi connectivity index (χ1) is 9.74. The topological polar surface area (TPSA) is 32.3 Å². The zero-order valence-electron chi connectivity index (χ0n) is 12.3. The third-order valence-electron chi connectivity index (χ3n) is 4.70. The molecule has 2 aliphatic rings. The lowest BCUT2D eigenvalue weighted by molar-refractivity contribution is -0.129. The predicted octanol–water partition coefficient (Wildman–Crippen LogP) is 2.99. The molecule has 108 valence electrons. The fourth-order valence-electron chi connectivity index (χ4n) is 3.48. The molecule has 1 amide bonds. The summed E-state index contributed by atoms with van der Waals surface area (Å²) in [5.74, 6) is 0.209. The number of nitrogens with one attached hydrogen (secondary N) is 1. The summed E-state index contributed by atoms with van der Waals surface area (Å²) in [5.41, 5.74) is 4.40. The van der Waals surface area contributed by atoms with E-state index in [9.17, 15) is 4.79 Å². The Kier molecular flexibility index (Phi) is 3.95. The van der Waals surface area contributed by atoms with Crippen LogP contribution in [0.25, 0.3) is 0 Å². The third kappa shape index (κ3) is 2.82. The van der Waals surface area contributed by atoms with Crippen molar-refractivity contribution in [3.8, 4) is 0 Å². The maximum Gasteiger partial charge on any atom is 0.219 e. The first-order valence-corrected chi connectivity index (χ1v) is 7.87. The Morgan fingerprint density at radius 2 is 1.95 bits per heavy atom. The number of likely N-dealkylation sites (tertiary alicyclic amines) is 1. The number of fused-ring (bicyclic) bond motifs is 1. The van der Waals surface area contributed by atoms with Crippen LogP contribution >= 0.6 is 0 Å². The lowest BCUT2D eigenvalue weighted by Crippen LogP contribution is -2.41. The number of aryl methyl sites for hydroxylation is 1. The molecule has 1 aromatic carbocycles. The van der Waals surface area contributed by atoms with Crippen LogP contribution in [0.3, 0.4) is 0 Å². The van der Waals surface area contributed by atoms with Gasteiger partial charge in [-0.1, -0.05) is 12.1 Å². The van der Waals surface area contributed by atoms with E-state index in [1.165, 1.54) is 42.5 Å². The molecule has 0 saturated carbocycles. The molecule has 1 fully saturated rings. The van der Waals surface area contributed by atoms with Gasteiger partial charge in [0.05, 0.1) is 0 Å². The minimum Gasteiger partial charge on any atom is -0.382 e. The highest BCUT2D eigenvalue weighted by Crippen LogP contribution is 2.29. The Morgan fingerprint density at radius 1 is 1.20 bits per heavy atom. The molecule has 3 rings (SSSR count). The molecular weight excluding hydrogens is 248 g/mol. The minimum absolute atomic E-state index is 0.209. The maximum absolute atomic E-state index is 11.4. The van der Waals surface area contributed by atoms with Gasteiger partial charge in [-0.05, 0) is 55.7 Å². The molecule has 1 aliphatic carbocycles. The monoisotopic (exact) mass is 272 g/mol. The average molecular weight is 272 g/mol. The Labute approximate surface area is 121 Å². The quantitative estimate of drug-likeness (QED) is 0.897. The molecule has 1 saturated heterocycles.